The number of aliphatic hydroxyl groups is 1. The zero-order valence-electron chi connectivity index (χ0n) is 10.1. The minimum atomic E-state index is -1.07. The van der Waals surface area contributed by atoms with Crippen LogP contribution in [0.15, 0.2) is 24.5 Å². The number of aliphatic carboxylic acids is 1. The molecule has 0 amide bonds. The number of nitrogens with zero attached hydrogens (tertiary/aromatic N) is 1. The van der Waals surface area contributed by atoms with Gasteiger partial charge < -0.3 is 21.7 Å². The molecule has 0 bridgehead atoms. The first kappa shape index (κ1) is 14.6. The minimum absolute atomic E-state index is 0.183. The van der Waals surface area contributed by atoms with Gasteiger partial charge in [0, 0.05) is 12.4 Å². The van der Waals surface area contributed by atoms with Gasteiger partial charge >= 0.3 is 5.97 Å². The molecule has 2 unspecified atom stereocenters. The number of aromatic nitrogens is 1. The second-order valence-corrected chi connectivity index (χ2v) is 4.25. The average Bonchev–Trinajstić information content (AvgIpc) is 2.38. The molecule has 0 saturated carbocycles. The summed E-state index contributed by atoms with van der Waals surface area (Å²) in [5, 5.41) is 19.0. The molecule has 6 nitrogen and oxygen atoms in total. The van der Waals surface area contributed by atoms with Crippen LogP contribution in [0.5, 0.6) is 0 Å². The van der Waals surface area contributed by atoms with Crippen molar-refractivity contribution in [1.82, 2.24) is 4.98 Å². The third-order valence-electron chi connectivity index (χ3n) is 2.88. The molecule has 0 aromatic carbocycles. The normalized spacial score (nSPS) is 15.9. The van der Waals surface area contributed by atoms with E-state index in [1.54, 1.807) is 24.5 Å². The third-order valence-corrected chi connectivity index (χ3v) is 2.88. The Morgan fingerprint density at radius 2 is 2.22 bits per heavy atom. The Morgan fingerprint density at radius 1 is 1.50 bits per heavy atom. The summed E-state index contributed by atoms with van der Waals surface area (Å²) in [5.41, 5.74) is 11.6. The topological polar surface area (TPSA) is 122 Å². The van der Waals surface area contributed by atoms with Gasteiger partial charge in [-0.2, -0.15) is 0 Å². The van der Waals surface area contributed by atoms with Crippen LogP contribution in [0.25, 0.3) is 0 Å². The van der Waals surface area contributed by atoms with Crippen molar-refractivity contribution in [3.05, 3.63) is 30.1 Å². The van der Waals surface area contributed by atoms with Crippen molar-refractivity contribution >= 4 is 5.97 Å². The van der Waals surface area contributed by atoms with E-state index in [1.165, 1.54) is 0 Å². The van der Waals surface area contributed by atoms with Crippen LogP contribution in [-0.2, 0) is 4.79 Å². The number of hydrogen-bond donors (Lipinski definition) is 4. The second-order valence-electron chi connectivity index (χ2n) is 4.25. The van der Waals surface area contributed by atoms with Gasteiger partial charge in [0.2, 0.25) is 0 Å². The predicted molar refractivity (Wildman–Crippen MR) is 66.6 cm³/mol. The van der Waals surface area contributed by atoms with E-state index in [0.717, 1.165) is 0 Å². The van der Waals surface area contributed by atoms with Gasteiger partial charge in [0.15, 0.2) is 0 Å². The summed E-state index contributed by atoms with van der Waals surface area (Å²) in [6.07, 6.45) is 3.06. The van der Waals surface area contributed by atoms with Gasteiger partial charge in [-0.05, 0) is 36.9 Å². The molecule has 6 heteroatoms. The monoisotopic (exact) mass is 253 g/mol. The summed E-state index contributed by atoms with van der Waals surface area (Å²) in [5.74, 6) is -1.36. The maximum Gasteiger partial charge on any atom is 0.320 e. The molecule has 1 aromatic heterocycles. The molecule has 0 saturated heterocycles. The number of aliphatic hydroxyl groups excluding tert-OH is 1. The molecule has 0 spiro atoms. The van der Waals surface area contributed by atoms with Gasteiger partial charge in [-0.1, -0.05) is 6.07 Å². The molecule has 0 aliphatic rings. The van der Waals surface area contributed by atoms with E-state index >= 15 is 0 Å². The van der Waals surface area contributed by atoms with Crippen LogP contribution in [0, 0.1) is 5.92 Å². The third kappa shape index (κ3) is 4.06. The SMILES string of the molecule is NCCC(C[C@H](N)C(=O)O)C(O)c1cccnc1. The highest BCUT2D eigenvalue weighted by Gasteiger charge is 2.25. The molecule has 0 fully saturated rings. The summed E-state index contributed by atoms with van der Waals surface area (Å²) >= 11 is 0. The molecular formula is C12H19N3O3. The molecule has 0 radical (unpaired) electrons. The van der Waals surface area contributed by atoms with Crippen LogP contribution in [0.4, 0.5) is 0 Å². The van der Waals surface area contributed by atoms with Gasteiger partial charge in [0.1, 0.15) is 6.04 Å². The van der Waals surface area contributed by atoms with Crippen LogP contribution in [0.3, 0.4) is 0 Å². The van der Waals surface area contributed by atoms with Crippen LogP contribution >= 0.6 is 0 Å². The van der Waals surface area contributed by atoms with Gasteiger partial charge in [-0.25, -0.2) is 0 Å². The van der Waals surface area contributed by atoms with Crippen molar-refractivity contribution in [2.24, 2.45) is 17.4 Å². The lowest BCUT2D eigenvalue weighted by molar-refractivity contribution is -0.139. The van der Waals surface area contributed by atoms with Crippen molar-refractivity contribution < 1.29 is 15.0 Å². The largest absolute Gasteiger partial charge is 0.480 e. The van der Waals surface area contributed by atoms with Gasteiger partial charge in [-0.15, -0.1) is 0 Å². The Bertz CT molecular complexity index is 372. The molecule has 1 rings (SSSR count). The van der Waals surface area contributed by atoms with Gasteiger partial charge in [0.05, 0.1) is 6.10 Å². The van der Waals surface area contributed by atoms with E-state index in [-0.39, 0.29) is 12.3 Å². The lowest BCUT2D eigenvalue weighted by atomic mass is 9.88. The van der Waals surface area contributed by atoms with Crippen LogP contribution < -0.4 is 11.5 Å². The van der Waals surface area contributed by atoms with Crippen molar-refractivity contribution in [3.63, 3.8) is 0 Å². The Balaban J connectivity index is 2.75. The number of rotatable bonds is 7. The van der Waals surface area contributed by atoms with Crippen molar-refractivity contribution in [2.75, 3.05) is 6.54 Å². The number of nitrogens with two attached hydrogens (primary N) is 2. The summed E-state index contributed by atoms with van der Waals surface area (Å²) in [6.45, 7) is 0.369. The zero-order chi connectivity index (χ0) is 13.5. The van der Waals surface area contributed by atoms with Crippen molar-refractivity contribution in [2.45, 2.75) is 25.0 Å². The van der Waals surface area contributed by atoms with E-state index in [2.05, 4.69) is 4.98 Å². The van der Waals surface area contributed by atoms with E-state index in [0.29, 0.717) is 18.5 Å². The second kappa shape index (κ2) is 7.05. The number of pyridine rings is 1. The molecule has 3 atom stereocenters. The maximum atomic E-state index is 10.7. The first-order valence-electron chi connectivity index (χ1n) is 5.82. The van der Waals surface area contributed by atoms with Crippen molar-refractivity contribution in [3.8, 4) is 0 Å². The summed E-state index contributed by atoms with van der Waals surface area (Å²) < 4.78 is 0. The average molecular weight is 253 g/mol. The Kier molecular flexibility index (Phi) is 5.70. The van der Waals surface area contributed by atoms with Crippen LogP contribution in [0.1, 0.15) is 24.5 Å². The Morgan fingerprint density at radius 3 is 2.72 bits per heavy atom. The van der Waals surface area contributed by atoms with Crippen LogP contribution in [0.2, 0.25) is 0 Å². The molecule has 1 heterocycles. The first-order chi connectivity index (χ1) is 8.56. The summed E-state index contributed by atoms with van der Waals surface area (Å²) in [4.78, 5) is 14.7. The van der Waals surface area contributed by atoms with E-state index in [9.17, 15) is 9.90 Å². The Hall–Kier alpha value is -1.50. The number of carbonyl (C=O) groups is 1. The molecule has 100 valence electrons. The highest BCUT2D eigenvalue weighted by Crippen LogP contribution is 2.27. The fraction of sp³-hybridized carbons (Fsp3) is 0.500. The number of carboxylic acid groups (broad SMARTS) is 1. The van der Waals surface area contributed by atoms with Crippen molar-refractivity contribution in [1.29, 1.82) is 0 Å². The molecular weight excluding hydrogens is 234 g/mol. The smallest absolute Gasteiger partial charge is 0.320 e. The maximum absolute atomic E-state index is 10.7. The minimum Gasteiger partial charge on any atom is -0.480 e. The molecule has 6 N–H and O–H groups in total. The van der Waals surface area contributed by atoms with Gasteiger partial charge in [0.25, 0.3) is 0 Å². The standard InChI is InChI=1S/C12H19N3O3/c13-4-3-8(6-10(14)12(17)18)11(16)9-2-1-5-15-7-9/h1-2,5,7-8,10-11,16H,3-4,6,13-14H2,(H,17,18)/t8?,10-,11?/m0/s1. The summed E-state index contributed by atoms with van der Waals surface area (Å²) in [7, 11) is 0. The van der Waals surface area contributed by atoms with E-state index < -0.39 is 18.1 Å². The predicted octanol–water partition coefficient (Wildman–Crippen LogP) is -0.118. The lowest BCUT2D eigenvalue weighted by Gasteiger charge is -2.24. The molecule has 0 aliphatic heterocycles. The lowest BCUT2D eigenvalue weighted by Crippen LogP contribution is -2.34. The van der Waals surface area contributed by atoms with Crippen LogP contribution in [-0.4, -0.2) is 33.8 Å². The number of carboxylic acids is 1. The Labute approximate surface area is 106 Å². The fourth-order valence-electron chi connectivity index (χ4n) is 1.87. The van der Waals surface area contributed by atoms with E-state index in [1.807, 2.05) is 0 Å². The number of hydrogen-bond acceptors (Lipinski definition) is 5. The molecule has 18 heavy (non-hydrogen) atoms. The fourth-order valence-corrected chi connectivity index (χ4v) is 1.87. The first-order valence-corrected chi connectivity index (χ1v) is 5.82. The summed E-state index contributed by atoms with van der Waals surface area (Å²) in [6, 6.07) is 2.47. The highest BCUT2D eigenvalue weighted by atomic mass is 16.4. The molecule has 1 aromatic rings. The zero-order valence-corrected chi connectivity index (χ0v) is 10.1. The molecule has 0 aliphatic carbocycles. The van der Waals surface area contributed by atoms with E-state index in [4.69, 9.17) is 16.6 Å². The van der Waals surface area contributed by atoms with Gasteiger partial charge in [-0.3, -0.25) is 9.78 Å². The highest BCUT2D eigenvalue weighted by molar-refractivity contribution is 5.73. The quantitative estimate of drug-likeness (QED) is 0.537.